The van der Waals surface area contributed by atoms with Crippen LogP contribution < -0.4 is 5.32 Å². The molecule has 2 rings (SSSR count). The van der Waals surface area contributed by atoms with E-state index in [1.54, 1.807) is 33.9 Å². The number of hydrogen-bond acceptors (Lipinski definition) is 8. The molecule has 1 saturated heterocycles. The number of carbonyl (C=O) groups excluding carboxylic acids is 6. The van der Waals surface area contributed by atoms with Gasteiger partial charge in [-0.3, -0.25) is 33.7 Å². The SMILES string of the molecule is C#CCCCCCCCCC(=O)N(C)[C@@H](CC(C)C)C(=O)N[C@H](C(=O)N(C)[C@H](C(=O)N1C[C@@H](O)C[C@H]1C(=O)N1C(=O)C=C[C@@H]1C)C(C)C)[C@@H](C)O. The highest BCUT2D eigenvalue weighted by Gasteiger charge is 2.47. The lowest BCUT2D eigenvalue weighted by molar-refractivity contribution is -0.155. The van der Waals surface area contributed by atoms with Crippen molar-refractivity contribution in [1.29, 1.82) is 0 Å². The fraction of sp³-hybridized carbons (Fsp3) is 0.737. The lowest BCUT2D eigenvalue weighted by atomic mass is 9.98. The first kappa shape index (κ1) is 43.4. The van der Waals surface area contributed by atoms with Crippen LogP contribution in [0.2, 0.25) is 0 Å². The molecule has 286 valence electrons. The van der Waals surface area contributed by atoms with Crippen molar-refractivity contribution in [3.63, 3.8) is 0 Å². The molecule has 0 aromatic carbocycles. The average molecular weight is 716 g/mol. The van der Waals surface area contributed by atoms with Crippen LogP contribution in [0.4, 0.5) is 0 Å². The van der Waals surface area contributed by atoms with Gasteiger partial charge >= 0.3 is 0 Å². The van der Waals surface area contributed by atoms with E-state index >= 15 is 0 Å². The molecular formula is C38H61N5O8. The van der Waals surface area contributed by atoms with Crippen molar-refractivity contribution in [2.75, 3.05) is 20.6 Å². The molecule has 0 bridgehead atoms. The third kappa shape index (κ3) is 11.9. The summed E-state index contributed by atoms with van der Waals surface area (Å²) in [6, 6.07) is -5.09. The van der Waals surface area contributed by atoms with E-state index in [0.29, 0.717) is 12.8 Å². The number of hydrogen-bond donors (Lipinski definition) is 3. The first-order valence-corrected chi connectivity index (χ1v) is 18.4. The summed E-state index contributed by atoms with van der Waals surface area (Å²) < 4.78 is 0. The first-order valence-electron chi connectivity index (χ1n) is 18.4. The zero-order chi connectivity index (χ0) is 38.6. The Balaban J connectivity index is 2.19. The van der Waals surface area contributed by atoms with Crippen LogP contribution in [0, 0.1) is 24.2 Å². The van der Waals surface area contributed by atoms with Gasteiger partial charge in [-0.2, -0.15) is 0 Å². The summed E-state index contributed by atoms with van der Waals surface area (Å²) in [5.74, 6) is -1.05. The van der Waals surface area contributed by atoms with E-state index in [9.17, 15) is 39.0 Å². The van der Waals surface area contributed by atoms with E-state index in [-0.39, 0.29) is 31.2 Å². The first-order chi connectivity index (χ1) is 23.9. The van der Waals surface area contributed by atoms with E-state index in [0.717, 1.165) is 48.3 Å². The molecule has 0 aliphatic carbocycles. The molecule has 2 aliphatic heterocycles. The number of likely N-dealkylation sites (N-methyl/N-ethyl adjacent to an activating group) is 2. The number of amides is 6. The Labute approximate surface area is 304 Å². The second kappa shape index (κ2) is 20.3. The van der Waals surface area contributed by atoms with Crippen molar-refractivity contribution < 1.29 is 39.0 Å². The molecule has 7 atom stereocenters. The highest BCUT2D eigenvalue weighted by Crippen LogP contribution is 2.27. The van der Waals surface area contributed by atoms with Crippen LogP contribution in [0.25, 0.3) is 0 Å². The molecule has 0 radical (unpaired) electrons. The minimum absolute atomic E-state index is 0.0337. The maximum absolute atomic E-state index is 14.1. The minimum Gasteiger partial charge on any atom is -0.391 e. The van der Waals surface area contributed by atoms with Crippen LogP contribution in [0.5, 0.6) is 0 Å². The Hall–Kier alpha value is -3.76. The average Bonchev–Trinajstić information content (AvgIpc) is 3.62. The third-order valence-corrected chi connectivity index (χ3v) is 9.76. The standard InChI is InChI=1S/C38H61N5O8/c1-10-11-12-13-14-15-16-17-18-31(46)40(8)29(21-24(2)3)35(48)39-33(27(7)44)37(50)41(9)34(25(4)5)38(51)42-23-28(45)22-30(42)36(49)43-26(6)19-20-32(43)47/h1,19-20,24-30,33-34,44-45H,11-18,21-23H2,2-9H3,(H,39,48)/t26-,27+,28-,29-,30-,33-,34-/m0/s1. The number of rotatable bonds is 19. The summed E-state index contributed by atoms with van der Waals surface area (Å²) in [6.07, 6.45) is 12.8. The number of β-amino-alcohol motifs (C(OH)–C–C–N with tert-alkyl or cyclic N) is 1. The molecule has 2 heterocycles. The maximum atomic E-state index is 14.1. The molecule has 13 nitrogen and oxygen atoms in total. The van der Waals surface area contributed by atoms with Gasteiger partial charge in [-0.05, 0) is 44.9 Å². The zero-order valence-corrected chi connectivity index (χ0v) is 31.8. The Bertz CT molecular complexity index is 1310. The van der Waals surface area contributed by atoms with Crippen molar-refractivity contribution in [2.24, 2.45) is 11.8 Å². The second-order valence-electron chi connectivity index (χ2n) is 14.9. The van der Waals surface area contributed by atoms with Crippen LogP contribution in [-0.4, -0.2) is 128 Å². The maximum Gasteiger partial charge on any atom is 0.253 e. The number of likely N-dealkylation sites (tertiary alicyclic amines) is 1. The molecule has 1 fully saturated rings. The number of imide groups is 1. The van der Waals surface area contributed by atoms with Gasteiger partial charge in [0.05, 0.1) is 18.2 Å². The highest BCUT2D eigenvalue weighted by atomic mass is 16.3. The molecule has 51 heavy (non-hydrogen) atoms. The number of unbranched alkanes of at least 4 members (excludes halogenated alkanes) is 6. The van der Waals surface area contributed by atoms with Crippen LogP contribution >= 0.6 is 0 Å². The second-order valence-corrected chi connectivity index (χ2v) is 14.9. The quantitative estimate of drug-likeness (QED) is 0.104. The van der Waals surface area contributed by atoms with E-state index in [1.807, 2.05) is 13.8 Å². The smallest absolute Gasteiger partial charge is 0.253 e. The molecule has 3 N–H and O–H groups in total. The molecule has 6 amide bonds. The summed E-state index contributed by atoms with van der Waals surface area (Å²) in [5.41, 5.74) is 0. The topological polar surface area (TPSA) is 168 Å². The summed E-state index contributed by atoms with van der Waals surface area (Å²) in [6.45, 7) is 10.2. The Morgan fingerprint density at radius 2 is 1.61 bits per heavy atom. The molecule has 0 spiro atoms. The predicted octanol–water partition coefficient (Wildman–Crippen LogP) is 2.24. The highest BCUT2D eigenvalue weighted by molar-refractivity contribution is 6.06. The summed E-state index contributed by atoms with van der Waals surface area (Å²) in [7, 11) is 2.96. The summed E-state index contributed by atoms with van der Waals surface area (Å²) in [5, 5.41) is 23.9. The van der Waals surface area contributed by atoms with Gasteiger partial charge in [0.25, 0.3) is 11.8 Å². The van der Waals surface area contributed by atoms with Gasteiger partial charge in [0.15, 0.2) is 0 Å². The Morgan fingerprint density at radius 1 is 1.00 bits per heavy atom. The molecule has 13 heteroatoms. The predicted molar refractivity (Wildman–Crippen MR) is 193 cm³/mol. The molecular weight excluding hydrogens is 654 g/mol. The van der Waals surface area contributed by atoms with Crippen LogP contribution in [-0.2, 0) is 28.8 Å². The van der Waals surface area contributed by atoms with Crippen LogP contribution in [0.15, 0.2) is 12.2 Å². The van der Waals surface area contributed by atoms with Crippen molar-refractivity contribution in [1.82, 2.24) is 24.9 Å². The number of aliphatic hydroxyl groups excluding tert-OH is 2. The largest absolute Gasteiger partial charge is 0.391 e. The number of terminal acetylenes is 1. The Kier molecular flexibility index (Phi) is 17.3. The molecule has 0 aromatic heterocycles. The van der Waals surface area contributed by atoms with Crippen LogP contribution in [0.3, 0.4) is 0 Å². The number of carbonyl (C=O) groups is 6. The van der Waals surface area contributed by atoms with Gasteiger partial charge in [-0.15, -0.1) is 12.3 Å². The molecule has 0 aromatic rings. The minimum atomic E-state index is -1.44. The van der Waals surface area contributed by atoms with Gasteiger partial charge in [-0.25, -0.2) is 0 Å². The lowest BCUT2D eigenvalue weighted by Crippen LogP contribution is -2.62. The van der Waals surface area contributed by atoms with Gasteiger partial charge in [0, 0.05) is 46.0 Å². The van der Waals surface area contributed by atoms with E-state index < -0.39 is 77.9 Å². The van der Waals surface area contributed by atoms with Gasteiger partial charge in [0.2, 0.25) is 23.6 Å². The normalized spacial score (nSPS) is 21.0. The van der Waals surface area contributed by atoms with Crippen molar-refractivity contribution in [3.8, 4) is 12.3 Å². The van der Waals surface area contributed by atoms with Gasteiger partial charge < -0.3 is 30.2 Å². The van der Waals surface area contributed by atoms with E-state index in [1.165, 1.54) is 29.8 Å². The van der Waals surface area contributed by atoms with Gasteiger partial charge in [-0.1, -0.05) is 59.5 Å². The number of aliphatic hydroxyl groups is 2. The zero-order valence-electron chi connectivity index (χ0n) is 31.8. The Morgan fingerprint density at radius 3 is 2.14 bits per heavy atom. The van der Waals surface area contributed by atoms with Gasteiger partial charge in [0.1, 0.15) is 24.2 Å². The number of nitrogens with one attached hydrogen (secondary N) is 1. The summed E-state index contributed by atoms with van der Waals surface area (Å²) >= 11 is 0. The fourth-order valence-electron chi connectivity index (χ4n) is 6.86. The van der Waals surface area contributed by atoms with Crippen molar-refractivity contribution in [3.05, 3.63) is 12.2 Å². The molecule has 2 aliphatic rings. The van der Waals surface area contributed by atoms with E-state index in [4.69, 9.17) is 6.42 Å². The number of nitrogens with zero attached hydrogens (tertiary/aromatic N) is 4. The molecule has 0 saturated carbocycles. The van der Waals surface area contributed by atoms with E-state index in [2.05, 4.69) is 11.2 Å². The van der Waals surface area contributed by atoms with Crippen LogP contribution in [0.1, 0.15) is 106 Å². The van der Waals surface area contributed by atoms with Crippen molar-refractivity contribution >= 4 is 35.4 Å². The monoisotopic (exact) mass is 715 g/mol. The van der Waals surface area contributed by atoms with Crippen molar-refractivity contribution in [2.45, 2.75) is 148 Å². The lowest BCUT2D eigenvalue weighted by Gasteiger charge is -2.38. The molecule has 0 unspecified atom stereocenters. The summed E-state index contributed by atoms with van der Waals surface area (Å²) in [4.78, 5) is 85.8. The third-order valence-electron chi connectivity index (χ3n) is 9.76. The fourth-order valence-corrected chi connectivity index (χ4v) is 6.86.